The average Bonchev–Trinajstić information content (AvgIpc) is 2.16. The highest BCUT2D eigenvalue weighted by Crippen LogP contribution is 2.07. The summed E-state index contributed by atoms with van der Waals surface area (Å²) in [5.74, 6) is -0.859. The molecule has 1 atom stereocenters. The van der Waals surface area contributed by atoms with Crippen molar-refractivity contribution in [2.75, 3.05) is 0 Å². The topological polar surface area (TPSA) is 62.2 Å². The molecule has 4 nitrogen and oxygen atoms in total. The molecule has 0 aliphatic rings. The van der Waals surface area contributed by atoms with E-state index in [1.54, 1.807) is 13.1 Å². The molecule has 1 heterocycles. The number of carboxylic acid groups (broad SMARTS) is 1. The van der Waals surface area contributed by atoms with E-state index in [2.05, 4.69) is 26.2 Å². The molecule has 0 unspecified atom stereocenters. The van der Waals surface area contributed by atoms with Crippen molar-refractivity contribution in [3.63, 3.8) is 0 Å². The molecule has 0 amide bonds. The Labute approximate surface area is 90.5 Å². The Morgan fingerprint density at radius 1 is 1.71 bits per heavy atom. The SMILES string of the molecule is C[C@@H](NCc1ccc(Br)cn1)C(=O)O. The summed E-state index contributed by atoms with van der Waals surface area (Å²) in [6.07, 6.45) is 1.68. The van der Waals surface area contributed by atoms with Gasteiger partial charge in [-0.15, -0.1) is 0 Å². The first-order valence-corrected chi connectivity index (χ1v) is 4.95. The lowest BCUT2D eigenvalue weighted by atomic mass is 10.3. The van der Waals surface area contributed by atoms with Crippen LogP contribution in [0.5, 0.6) is 0 Å². The molecule has 5 heteroatoms. The Kier molecular flexibility index (Phi) is 4.03. The molecule has 1 aromatic rings. The molecule has 0 fully saturated rings. The van der Waals surface area contributed by atoms with Gasteiger partial charge in [0, 0.05) is 17.2 Å². The molecule has 0 aromatic carbocycles. The zero-order chi connectivity index (χ0) is 10.6. The van der Waals surface area contributed by atoms with E-state index in [9.17, 15) is 4.79 Å². The first kappa shape index (κ1) is 11.1. The van der Waals surface area contributed by atoms with E-state index in [0.717, 1.165) is 10.2 Å². The summed E-state index contributed by atoms with van der Waals surface area (Å²) in [6.45, 7) is 2.06. The maximum absolute atomic E-state index is 10.5. The Balaban J connectivity index is 2.46. The highest BCUT2D eigenvalue weighted by atomic mass is 79.9. The van der Waals surface area contributed by atoms with Gasteiger partial charge in [0.15, 0.2) is 0 Å². The van der Waals surface area contributed by atoms with Crippen LogP contribution in [-0.4, -0.2) is 22.1 Å². The van der Waals surface area contributed by atoms with Crippen molar-refractivity contribution >= 4 is 21.9 Å². The second-order valence-corrected chi connectivity index (χ2v) is 3.82. The number of aliphatic carboxylic acids is 1. The molecular weight excluding hydrogens is 248 g/mol. The first-order chi connectivity index (χ1) is 6.59. The van der Waals surface area contributed by atoms with Gasteiger partial charge in [0.05, 0.1) is 5.69 Å². The van der Waals surface area contributed by atoms with Crippen LogP contribution in [-0.2, 0) is 11.3 Å². The van der Waals surface area contributed by atoms with Gasteiger partial charge < -0.3 is 5.11 Å². The number of carboxylic acids is 1. The summed E-state index contributed by atoms with van der Waals surface area (Å²) < 4.78 is 0.910. The second-order valence-electron chi connectivity index (χ2n) is 2.91. The highest BCUT2D eigenvalue weighted by Gasteiger charge is 2.09. The molecule has 0 saturated heterocycles. The summed E-state index contributed by atoms with van der Waals surface area (Å²) in [4.78, 5) is 14.6. The third kappa shape index (κ3) is 3.43. The number of hydrogen-bond donors (Lipinski definition) is 2. The van der Waals surface area contributed by atoms with Crippen molar-refractivity contribution < 1.29 is 9.90 Å². The fourth-order valence-electron chi connectivity index (χ4n) is 0.856. The summed E-state index contributed by atoms with van der Waals surface area (Å²) in [6, 6.07) is 3.15. The Morgan fingerprint density at radius 3 is 2.93 bits per heavy atom. The first-order valence-electron chi connectivity index (χ1n) is 4.16. The number of nitrogens with one attached hydrogen (secondary N) is 1. The number of aromatic nitrogens is 1. The van der Waals surface area contributed by atoms with Crippen molar-refractivity contribution in [2.24, 2.45) is 0 Å². The predicted molar refractivity (Wildman–Crippen MR) is 55.9 cm³/mol. The molecule has 0 aliphatic carbocycles. The Morgan fingerprint density at radius 2 is 2.43 bits per heavy atom. The van der Waals surface area contributed by atoms with Crippen LogP contribution in [0, 0.1) is 0 Å². The minimum Gasteiger partial charge on any atom is -0.480 e. The monoisotopic (exact) mass is 258 g/mol. The van der Waals surface area contributed by atoms with Gasteiger partial charge in [0.2, 0.25) is 0 Å². The Hall–Kier alpha value is -0.940. The fraction of sp³-hybridized carbons (Fsp3) is 0.333. The molecule has 1 rings (SSSR count). The molecule has 0 aliphatic heterocycles. The lowest BCUT2D eigenvalue weighted by molar-refractivity contribution is -0.139. The van der Waals surface area contributed by atoms with Gasteiger partial charge in [-0.2, -0.15) is 0 Å². The number of pyridine rings is 1. The van der Waals surface area contributed by atoms with E-state index in [1.807, 2.05) is 12.1 Å². The van der Waals surface area contributed by atoms with Crippen LogP contribution in [0.25, 0.3) is 0 Å². The average molecular weight is 259 g/mol. The van der Waals surface area contributed by atoms with Crippen LogP contribution < -0.4 is 5.32 Å². The standard InChI is InChI=1S/C9H11BrN2O2/c1-6(9(13)14)11-5-8-3-2-7(10)4-12-8/h2-4,6,11H,5H2,1H3,(H,13,14)/t6-/m1/s1. The second kappa shape index (κ2) is 5.07. The van der Waals surface area contributed by atoms with Gasteiger partial charge in [0.1, 0.15) is 6.04 Å². The third-order valence-electron chi connectivity index (χ3n) is 1.75. The summed E-state index contributed by atoms with van der Waals surface area (Å²) in [7, 11) is 0. The smallest absolute Gasteiger partial charge is 0.320 e. The van der Waals surface area contributed by atoms with Crippen molar-refractivity contribution in [3.8, 4) is 0 Å². The van der Waals surface area contributed by atoms with Gasteiger partial charge >= 0.3 is 5.97 Å². The minimum atomic E-state index is -0.859. The quantitative estimate of drug-likeness (QED) is 0.858. The van der Waals surface area contributed by atoms with Gasteiger partial charge in [-0.1, -0.05) is 0 Å². The number of rotatable bonds is 4. The maximum Gasteiger partial charge on any atom is 0.320 e. The molecule has 0 saturated carbocycles. The lowest BCUT2D eigenvalue weighted by Crippen LogP contribution is -2.33. The summed E-state index contributed by atoms with van der Waals surface area (Å²) in [5, 5.41) is 11.5. The van der Waals surface area contributed by atoms with E-state index in [0.29, 0.717) is 6.54 Å². The van der Waals surface area contributed by atoms with E-state index in [4.69, 9.17) is 5.11 Å². The molecule has 2 N–H and O–H groups in total. The van der Waals surface area contributed by atoms with E-state index in [-0.39, 0.29) is 0 Å². The molecular formula is C9H11BrN2O2. The molecule has 1 aromatic heterocycles. The number of halogens is 1. The van der Waals surface area contributed by atoms with E-state index in [1.165, 1.54) is 0 Å². The zero-order valence-electron chi connectivity index (χ0n) is 7.70. The number of nitrogens with zero attached hydrogens (tertiary/aromatic N) is 1. The maximum atomic E-state index is 10.5. The molecule has 0 radical (unpaired) electrons. The zero-order valence-corrected chi connectivity index (χ0v) is 9.28. The van der Waals surface area contributed by atoms with E-state index >= 15 is 0 Å². The molecule has 76 valence electrons. The largest absolute Gasteiger partial charge is 0.480 e. The predicted octanol–water partition coefficient (Wildman–Crippen LogP) is 1.41. The fourth-order valence-corrected chi connectivity index (χ4v) is 1.09. The molecule has 0 bridgehead atoms. The van der Waals surface area contributed by atoms with Gasteiger partial charge in [0.25, 0.3) is 0 Å². The molecule has 14 heavy (non-hydrogen) atoms. The van der Waals surface area contributed by atoms with Gasteiger partial charge in [-0.05, 0) is 35.0 Å². The van der Waals surface area contributed by atoms with Crippen molar-refractivity contribution in [3.05, 3.63) is 28.5 Å². The number of carbonyl (C=O) groups is 1. The van der Waals surface area contributed by atoms with Crippen molar-refractivity contribution in [1.82, 2.24) is 10.3 Å². The van der Waals surface area contributed by atoms with Crippen LogP contribution in [0.4, 0.5) is 0 Å². The summed E-state index contributed by atoms with van der Waals surface area (Å²) >= 11 is 3.27. The van der Waals surface area contributed by atoms with Crippen molar-refractivity contribution in [1.29, 1.82) is 0 Å². The minimum absolute atomic E-state index is 0.459. The third-order valence-corrected chi connectivity index (χ3v) is 2.22. The highest BCUT2D eigenvalue weighted by molar-refractivity contribution is 9.10. The number of hydrogen-bond acceptors (Lipinski definition) is 3. The lowest BCUT2D eigenvalue weighted by Gasteiger charge is -2.07. The normalized spacial score (nSPS) is 12.4. The van der Waals surface area contributed by atoms with Gasteiger partial charge in [-0.3, -0.25) is 15.1 Å². The van der Waals surface area contributed by atoms with Crippen LogP contribution >= 0.6 is 15.9 Å². The van der Waals surface area contributed by atoms with Crippen LogP contribution in [0.3, 0.4) is 0 Å². The summed E-state index contributed by atoms with van der Waals surface area (Å²) in [5.41, 5.74) is 0.821. The van der Waals surface area contributed by atoms with Crippen LogP contribution in [0.1, 0.15) is 12.6 Å². The van der Waals surface area contributed by atoms with Crippen LogP contribution in [0.2, 0.25) is 0 Å². The van der Waals surface area contributed by atoms with E-state index < -0.39 is 12.0 Å². The van der Waals surface area contributed by atoms with Crippen LogP contribution in [0.15, 0.2) is 22.8 Å². The Bertz CT molecular complexity index is 313. The van der Waals surface area contributed by atoms with Crippen molar-refractivity contribution in [2.45, 2.75) is 19.5 Å². The molecule has 0 spiro atoms. The van der Waals surface area contributed by atoms with Gasteiger partial charge in [-0.25, -0.2) is 0 Å².